The summed E-state index contributed by atoms with van der Waals surface area (Å²) in [7, 11) is 0. The third-order valence-corrected chi connectivity index (χ3v) is 6.82. The molecule has 0 spiro atoms. The van der Waals surface area contributed by atoms with Crippen molar-refractivity contribution in [1.82, 2.24) is 35.5 Å². The standard InChI is InChI=1S/C29H22ClFN8O3/c30-18-6-10-25(39-16-33-37-38-39)17(13-18)5-11-27(40)36-24-14-19-7-8-21(31)23(34-19)9-12-28(41)35-22-4-2-1-3-20(22)26-15-32-29(24)42-26/h1-8,10-11,13,15-16,24H,9,12,14H2,(H,35,41)(H,36,40)/b11-5+. The van der Waals surface area contributed by atoms with Crippen molar-refractivity contribution in [3.63, 3.8) is 0 Å². The molecule has 13 heteroatoms. The minimum atomic E-state index is -0.746. The maximum absolute atomic E-state index is 14.6. The fraction of sp³-hybridized carbons (Fsp3) is 0.138. The summed E-state index contributed by atoms with van der Waals surface area (Å²) in [6.07, 6.45) is 6.21. The zero-order valence-electron chi connectivity index (χ0n) is 21.9. The van der Waals surface area contributed by atoms with Crippen LogP contribution in [0.3, 0.4) is 0 Å². The van der Waals surface area contributed by atoms with Crippen molar-refractivity contribution in [2.24, 2.45) is 0 Å². The molecule has 0 aliphatic carbocycles. The number of hydrogen-bond donors (Lipinski definition) is 2. The quantitative estimate of drug-likeness (QED) is 0.294. The predicted octanol–water partition coefficient (Wildman–Crippen LogP) is 4.50. The summed E-state index contributed by atoms with van der Waals surface area (Å²) in [5.41, 5.74) is 3.02. The number of carbonyl (C=O) groups excluding carboxylic acids is 2. The summed E-state index contributed by atoms with van der Waals surface area (Å²) in [6.45, 7) is 0. The highest BCUT2D eigenvalue weighted by Crippen LogP contribution is 2.31. The van der Waals surface area contributed by atoms with Crippen molar-refractivity contribution in [2.45, 2.75) is 25.3 Å². The smallest absolute Gasteiger partial charge is 0.244 e. The highest BCUT2D eigenvalue weighted by Gasteiger charge is 2.23. The Morgan fingerprint density at radius 3 is 2.90 bits per heavy atom. The number of carbonyl (C=O) groups is 2. The second-order valence-corrected chi connectivity index (χ2v) is 9.88. The second kappa shape index (κ2) is 11.7. The first-order valence-electron chi connectivity index (χ1n) is 12.9. The minimum absolute atomic E-state index is 0.0322. The molecule has 42 heavy (non-hydrogen) atoms. The van der Waals surface area contributed by atoms with Gasteiger partial charge in [-0.25, -0.2) is 9.37 Å². The van der Waals surface area contributed by atoms with Gasteiger partial charge in [0.25, 0.3) is 0 Å². The number of anilines is 1. The second-order valence-electron chi connectivity index (χ2n) is 9.44. The fourth-order valence-electron chi connectivity index (χ4n) is 4.58. The number of benzene rings is 2. The van der Waals surface area contributed by atoms with Crippen LogP contribution in [-0.2, 0) is 22.4 Å². The lowest BCUT2D eigenvalue weighted by Crippen LogP contribution is -2.29. The molecule has 4 heterocycles. The molecule has 1 aliphatic heterocycles. The van der Waals surface area contributed by atoms with E-state index < -0.39 is 17.8 Å². The zero-order valence-corrected chi connectivity index (χ0v) is 22.6. The summed E-state index contributed by atoms with van der Waals surface area (Å²) in [5, 5.41) is 17.5. The number of aryl methyl sites for hydroxylation is 1. The van der Waals surface area contributed by atoms with E-state index in [9.17, 15) is 14.0 Å². The molecular formula is C29H22ClFN8O3. The van der Waals surface area contributed by atoms with Crippen LogP contribution in [0.25, 0.3) is 23.1 Å². The molecule has 4 bridgehead atoms. The van der Waals surface area contributed by atoms with E-state index >= 15 is 0 Å². The monoisotopic (exact) mass is 584 g/mol. The first kappa shape index (κ1) is 27.0. The van der Waals surface area contributed by atoms with Crippen LogP contribution in [0, 0.1) is 5.82 Å². The van der Waals surface area contributed by atoms with E-state index in [1.807, 2.05) is 6.07 Å². The van der Waals surface area contributed by atoms with Crippen molar-refractivity contribution >= 4 is 35.2 Å². The fourth-order valence-corrected chi connectivity index (χ4v) is 4.76. The van der Waals surface area contributed by atoms with Crippen molar-refractivity contribution in [3.8, 4) is 17.0 Å². The van der Waals surface area contributed by atoms with Gasteiger partial charge in [0.15, 0.2) is 5.76 Å². The molecule has 210 valence electrons. The Hall–Kier alpha value is -5.23. The van der Waals surface area contributed by atoms with Crippen LogP contribution in [-0.4, -0.2) is 42.0 Å². The Morgan fingerprint density at radius 1 is 1.17 bits per heavy atom. The van der Waals surface area contributed by atoms with Crippen LogP contribution >= 0.6 is 11.6 Å². The summed E-state index contributed by atoms with van der Waals surface area (Å²) >= 11 is 6.20. The Labute approximate surface area is 243 Å². The molecule has 2 amide bonds. The summed E-state index contributed by atoms with van der Waals surface area (Å²) < 4.78 is 22.1. The summed E-state index contributed by atoms with van der Waals surface area (Å²) in [4.78, 5) is 34.7. The van der Waals surface area contributed by atoms with Crippen LogP contribution in [0.4, 0.5) is 10.1 Å². The number of fused-ring (bicyclic) bond motifs is 6. The molecule has 11 nitrogen and oxygen atoms in total. The molecule has 2 N–H and O–H groups in total. The number of tetrazole rings is 1. The summed E-state index contributed by atoms with van der Waals surface area (Å²) in [5.74, 6) is -0.620. The molecular weight excluding hydrogens is 563 g/mol. The number of nitrogens with one attached hydrogen (secondary N) is 2. The van der Waals surface area contributed by atoms with Crippen LogP contribution in [0.15, 0.2) is 77.6 Å². The molecule has 0 radical (unpaired) electrons. The SMILES string of the molecule is O=C(/C=C/c1cc(Cl)ccc1-n1cnnn1)NC1Cc2ccc(F)c(n2)CCC(=O)Nc2ccccc2-c2cnc1o2. The van der Waals surface area contributed by atoms with Gasteiger partial charge < -0.3 is 15.1 Å². The number of nitrogens with zero attached hydrogens (tertiary/aromatic N) is 6. The molecule has 0 saturated carbocycles. The van der Waals surface area contributed by atoms with Gasteiger partial charge in [0.1, 0.15) is 18.2 Å². The molecule has 2 aromatic carbocycles. The van der Waals surface area contributed by atoms with Gasteiger partial charge in [0.2, 0.25) is 17.7 Å². The molecule has 6 rings (SSSR count). The number of oxazole rings is 1. The van der Waals surface area contributed by atoms with Crippen molar-refractivity contribution in [1.29, 1.82) is 0 Å². The maximum Gasteiger partial charge on any atom is 0.244 e. The third kappa shape index (κ3) is 5.93. The van der Waals surface area contributed by atoms with Crippen LogP contribution in [0.2, 0.25) is 5.02 Å². The van der Waals surface area contributed by atoms with Gasteiger partial charge >= 0.3 is 0 Å². The van der Waals surface area contributed by atoms with E-state index in [0.717, 1.165) is 0 Å². The maximum atomic E-state index is 14.6. The van der Waals surface area contributed by atoms with E-state index in [1.54, 1.807) is 42.5 Å². The number of para-hydroxylation sites is 1. The van der Waals surface area contributed by atoms with Gasteiger partial charge in [0.05, 0.1) is 23.3 Å². The average Bonchev–Trinajstić information content (AvgIpc) is 3.69. The van der Waals surface area contributed by atoms with Gasteiger partial charge in [-0.05, 0) is 59.0 Å². The lowest BCUT2D eigenvalue weighted by molar-refractivity contribution is -0.117. The number of pyridine rings is 1. The van der Waals surface area contributed by atoms with Crippen molar-refractivity contribution in [2.75, 3.05) is 5.32 Å². The van der Waals surface area contributed by atoms with Gasteiger partial charge in [0, 0.05) is 47.2 Å². The Kier molecular flexibility index (Phi) is 7.52. The first-order chi connectivity index (χ1) is 20.4. The third-order valence-electron chi connectivity index (χ3n) is 6.58. The lowest BCUT2D eigenvalue weighted by Gasteiger charge is -2.16. The van der Waals surface area contributed by atoms with E-state index in [1.165, 1.54) is 35.4 Å². The average molecular weight is 585 g/mol. The number of hydrogen-bond acceptors (Lipinski definition) is 8. The van der Waals surface area contributed by atoms with Gasteiger partial charge in [-0.15, -0.1) is 5.10 Å². The lowest BCUT2D eigenvalue weighted by atomic mass is 10.1. The van der Waals surface area contributed by atoms with Crippen molar-refractivity contribution in [3.05, 3.63) is 107 Å². The van der Waals surface area contributed by atoms with E-state index in [-0.39, 0.29) is 36.8 Å². The van der Waals surface area contributed by atoms with Crippen molar-refractivity contribution < 1.29 is 18.4 Å². The van der Waals surface area contributed by atoms with Gasteiger partial charge in [-0.2, -0.15) is 4.68 Å². The normalized spacial score (nSPS) is 15.1. The van der Waals surface area contributed by atoms with Gasteiger partial charge in [-0.1, -0.05) is 23.7 Å². The van der Waals surface area contributed by atoms with E-state index in [4.69, 9.17) is 16.0 Å². The topological polar surface area (TPSA) is 141 Å². The van der Waals surface area contributed by atoms with Crippen LogP contribution in [0.5, 0.6) is 0 Å². The molecule has 1 aliphatic rings. The highest BCUT2D eigenvalue weighted by molar-refractivity contribution is 6.30. The minimum Gasteiger partial charge on any atom is -0.438 e. The van der Waals surface area contributed by atoms with E-state index in [0.29, 0.717) is 39.0 Å². The van der Waals surface area contributed by atoms with Gasteiger partial charge in [-0.3, -0.25) is 14.6 Å². The Morgan fingerprint density at radius 2 is 2.05 bits per heavy atom. The highest BCUT2D eigenvalue weighted by atomic mass is 35.5. The summed E-state index contributed by atoms with van der Waals surface area (Å²) in [6, 6.07) is 14.3. The number of rotatable bonds is 4. The Balaban J connectivity index is 1.33. The number of amides is 2. The number of aromatic nitrogens is 6. The molecule has 0 saturated heterocycles. The molecule has 5 aromatic rings. The van der Waals surface area contributed by atoms with Crippen LogP contribution < -0.4 is 10.6 Å². The molecule has 1 atom stereocenters. The largest absolute Gasteiger partial charge is 0.438 e. The van der Waals surface area contributed by atoms with Crippen LogP contribution in [0.1, 0.15) is 35.3 Å². The molecule has 1 unspecified atom stereocenters. The Bertz CT molecular complexity index is 1800. The first-order valence-corrected chi connectivity index (χ1v) is 13.3. The predicted molar refractivity (Wildman–Crippen MR) is 151 cm³/mol. The molecule has 3 aromatic heterocycles. The van der Waals surface area contributed by atoms with E-state index in [2.05, 4.69) is 36.1 Å². The zero-order chi connectivity index (χ0) is 29.1. The molecule has 0 fully saturated rings. The number of halogens is 2.